The Morgan fingerprint density at radius 2 is 2.00 bits per heavy atom. The summed E-state index contributed by atoms with van der Waals surface area (Å²) < 4.78 is 5.26. The van der Waals surface area contributed by atoms with Crippen molar-refractivity contribution in [2.45, 2.75) is 32.7 Å². The van der Waals surface area contributed by atoms with Gasteiger partial charge < -0.3 is 4.74 Å². The number of hydrogen-bond donors (Lipinski definition) is 0. The fourth-order valence-corrected chi connectivity index (χ4v) is 2.19. The standard InChI is InChI=1S/C14H19NO/c1-14(2)10-13(16-3)15-12(14)9-11-7-5-4-6-8-11/h4-8,12H,9-10H2,1-3H3. The van der Waals surface area contributed by atoms with Crippen molar-refractivity contribution in [1.82, 2.24) is 0 Å². The van der Waals surface area contributed by atoms with Gasteiger partial charge in [0.2, 0.25) is 0 Å². The number of methoxy groups -OCH3 is 1. The van der Waals surface area contributed by atoms with Crippen molar-refractivity contribution in [3.63, 3.8) is 0 Å². The molecule has 2 nitrogen and oxygen atoms in total. The fourth-order valence-electron chi connectivity index (χ4n) is 2.19. The SMILES string of the molecule is COC1=NC(Cc2ccccc2)C(C)(C)C1. The van der Waals surface area contributed by atoms with Gasteiger partial charge in [-0.2, -0.15) is 0 Å². The van der Waals surface area contributed by atoms with Crippen LogP contribution in [0.3, 0.4) is 0 Å². The zero-order chi connectivity index (χ0) is 11.6. The maximum atomic E-state index is 5.26. The van der Waals surface area contributed by atoms with E-state index in [1.54, 1.807) is 7.11 Å². The van der Waals surface area contributed by atoms with Gasteiger partial charge in [0, 0.05) is 6.42 Å². The Hall–Kier alpha value is -1.31. The van der Waals surface area contributed by atoms with E-state index in [0.29, 0.717) is 6.04 Å². The highest BCUT2D eigenvalue weighted by Crippen LogP contribution is 2.36. The minimum Gasteiger partial charge on any atom is -0.484 e. The lowest BCUT2D eigenvalue weighted by molar-refractivity contribution is 0.311. The molecular formula is C14H19NO. The number of rotatable bonds is 2. The Labute approximate surface area is 97.4 Å². The molecule has 0 N–H and O–H groups in total. The number of hydrogen-bond acceptors (Lipinski definition) is 2. The Bertz CT molecular complexity index is 381. The zero-order valence-corrected chi connectivity index (χ0v) is 10.2. The van der Waals surface area contributed by atoms with E-state index in [1.807, 2.05) is 6.07 Å². The topological polar surface area (TPSA) is 21.6 Å². The van der Waals surface area contributed by atoms with Gasteiger partial charge in [-0.1, -0.05) is 44.2 Å². The molecule has 0 spiro atoms. The number of aliphatic imine (C=N–C) groups is 1. The van der Waals surface area contributed by atoms with Crippen LogP contribution in [0.2, 0.25) is 0 Å². The van der Waals surface area contributed by atoms with E-state index in [-0.39, 0.29) is 5.41 Å². The number of nitrogens with zero attached hydrogens (tertiary/aromatic N) is 1. The van der Waals surface area contributed by atoms with Gasteiger partial charge in [0.05, 0.1) is 13.2 Å². The van der Waals surface area contributed by atoms with Gasteiger partial charge in [0.15, 0.2) is 5.90 Å². The molecule has 0 fully saturated rings. The first-order valence-corrected chi connectivity index (χ1v) is 5.76. The molecule has 1 heterocycles. The van der Waals surface area contributed by atoms with Gasteiger partial charge in [-0.15, -0.1) is 0 Å². The summed E-state index contributed by atoms with van der Waals surface area (Å²) >= 11 is 0. The van der Waals surface area contributed by atoms with Gasteiger partial charge in [0.25, 0.3) is 0 Å². The van der Waals surface area contributed by atoms with Crippen LogP contribution in [-0.2, 0) is 11.2 Å². The molecular weight excluding hydrogens is 198 g/mol. The van der Waals surface area contributed by atoms with E-state index >= 15 is 0 Å². The van der Waals surface area contributed by atoms with Gasteiger partial charge in [-0.05, 0) is 17.4 Å². The first-order valence-electron chi connectivity index (χ1n) is 5.76. The lowest BCUT2D eigenvalue weighted by Crippen LogP contribution is -2.25. The van der Waals surface area contributed by atoms with Crippen LogP contribution in [0.1, 0.15) is 25.8 Å². The predicted molar refractivity (Wildman–Crippen MR) is 66.8 cm³/mol. The molecule has 86 valence electrons. The Kier molecular flexibility index (Phi) is 2.99. The Balaban J connectivity index is 2.12. The van der Waals surface area contributed by atoms with Crippen molar-refractivity contribution in [3.8, 4) is 0 Å². The third-order valence-corrected chi connectivity index (χ3v) is 3.32. The first-order chi connectivity index (χ1) is 7.62. The van der Waals surface area contributed by atoms with Crippen LogP contribution in [0.15, 0.2) is 35.3 Å². The predicted octanol–water partition coefficient (Wildman–Crippen LogP) is 3.07. The smallest absolute Gasteiger partial charge is 0.183 e. The van der Waals surface area contributed by atoms with Crippen LogP contribution in [0, 0.1) is 5.41 Å². The van der Waals surface area contributed by atoms with Crippen LogP contribution < -0.4 is 0 Å². The molecule has 0 bridgehead atoms. The molecule has 1 aromatic rings. The molecule has 16 heavy (non-hydrogen) atoms. The molecule has 0 saturated heterocycles. The third kappa shape index (κ3) is 2.26. The largest absolute Gasteiger partial charge is 0.484 e. The third-order valence-electron chi connectivity index (χ3n) is 3.32. The van der Waals surface area contributed by atoms with Crippen molar-refractivity contribution in [3.05, 3.63) is 35.9 Å². The number of benzene rings is 1. The van der Waals surface area contributed by atoms with Crippen molar-refractivity contribution in [2.75, 3.05) is 7.11 Å². The van der Waals surface area contributed by atoms with Crippen molar-refractivity contribution in [1.29, 1.82) is 0 Å². The minimum absolute atomic E-state index is 0.210. The van der Waals surface area contributed by atoms with Gasteiger partial charge in [-0.25, -0.2) is 0 Å². The monoisotopic (exact) mass is 217 g/mol. The number of ether oxygens (including phenoxy) is 1. The molecule has 0 aromatic heterocycles. The van der Waals surface area contributed by atoms with Crippen LogP contribution in [0.4, 0.5) is 0 Å². The molecule has 1 aliphatic rings. The molecule has 2 rings (SSSR count). The average molecular weight is 217 g/mol. The maximum Gasteiger partial charge on any atom is 0.183 e. The molecule has 0 radical (unpaired) electrons. The summed E-state index contributed by atoms with van der Waals surface area (Å²) in [7, 11) is 1.71. The zero-order valence-electron chi connectivity index (χ0n) is 10.2. The molecule has 0 amide bonds. The van der Waals surface area contributed by atoms with Crippen LogP contribution >= 0.6 is 0 Å². The van der Waals surface area contributed by atoms with Crippen LogP contribution in [-0.4, -0.2) is 19.0 Å². The summed E-state index contributed by atoms with van der Waals surface area (Å²) in [6.07, 6.45) is 1.95. The average Bonchev–Trinajstić information content (AvgIpc) is 2.55. The summed E-state index contributed by atoms with van der Waals surface area (Å²) in [6.45, 7) is 4.52. The second-order valence-corrected chi connectivity index (χ2v) is 5.10. The van der Waals surface area contributed by atoms with E-state index in [0.717, 1.165) is 18.7 Å². The van der Waals surface area contributed by atoms with E-state index in [9.17, 15) is 0 Å². The van der Waals surface area contributed by atoms with Gasteiger partial charge in [0.1, 0.15) is 0 Å². The molecule has 0 aliphatic carbocycles. The van der Waals surface area contributed by atoms with Crippen LogP contribution in [0.5, 0.6) is 0 Å². The summed E-state index contributed by atoms with van der Waals surface area (Å²) in [5.41, 5.74) is 1.56. The van der Waals surface area contributed by atoms with Crippen LogP contribution in [0.25, 0.3) is 0 Å². The second kappa shape index (κ2) is 4.28. The lowest BCUT2D eigenvalue weighted by Gasteiger charge is -2.24. The first kappa shape index (κ1) is 11.2. The fraction of sp³-hybridized carbons (Fsp3) is 0.500. The summed E-state index contributed by atoms with van der Waals surface area (Å²) in [5.74, 6) is 0.894. The summed E-state index contributed by atoms with van der Waals surface area (Å²) in [4.78, 5) is 4.65. The summed E-state index contributed by atoms with van der Waals surface area (Å²) in [6, 6.07) is 10.9. The van der Waals surface area contributed by atoms with Gasteiger partial charge in [-0.3, -0.25) is 4.99 Å². The van der Waals surface area contributed by atoms with E-state index in [2.05, 4.69) is 43.1 Å². The van der Waals surface area contributed by atoms with Gasteiger partial charge >= 0.3 is 0 Å². The van der Waals surface area contributed by atoms with E-state index in [4.69, 9.17) is 4.74 Å². The normalized spacial score (nSPS) is 22.9. The maximum absolute atomic E-state index is 5.26. The molecule has 1 atom stereocenters. The van der Waals surface area contributed by atoms with Crippen molar-refractivity contribution >= 4 is 5.90 Å². The second-order valence-electron chi connectivity index (χ2n) is 5.10. The van der Waals surface area contributed by atoms with E-state index < -0.39 is 0 Å². The van der Waals surface area contributed by atoms with E-state index in [1.165, 1.54) is 5.56 Å². The molecule has 1 unspecified atom stereocenters. The van der Waals surface area contributed by atoms with Crippen molar-refractivity contribution in [2.24, 2.45) is 10.4 Å². The highest BCUT2D eigenvalue weighted by Gasteiger charge is 2.36. The molecule has 1 aliphatic heterocycles. The Morgan fingerprint density at radius 3 is 2.56 bits per heavy atom. The lowest BCUT2D eigenvalue weighted by atomic mass is 9.81. The summed E-state index contributed by atoms with van der Waals surface area (Å²) in [5, 5.41) is 0. The van der Waals surface area contributed by atoms with Crippen molar-refractivity contribution < 1.29 is 4.74 Å². The Morgan fingerprint density at radius 1 is 1.31 bits per heavy atom. The minimum atomic E-state index is 0.210. The molecule has 2 heteroatoms. The quantitative estimate of drug-likeness (QED) is 0.746. The highest BCUT2D eigenvalue weighted by atomic mass is 16.5. The highest BCUT2D eigenvalue weighted by molar-refractivity contribution is 5.79. The molecule has 0 saturated carbocycles. The molecule has 1 aromatic carbocycles.